The fraction of sp³-hybridized carbons (Fsp3) is 0.632. The van der Waals surface area contributed by atoms with Crippen LogP contribution in [0.2, 0.25) is 0 Å². The minimum Gasteiger partial charge on any atom is -0.354 e. The van der Waals surface area contributed by atoms with Crippen molar-refractivity contribution in [3.8, 4) is 0 Å². The monoisotopic (exact) mass is 359 g/mol. The van der Waals surface area contributed by atoms with Gasteiger partial charge in [0.1, 0.15) is 5.82 Å². The van der Waals surface area contributed by atoms with Crippen LogP contribution in [0.1, 0.15) is 39.0 Å². The molecule has 1 aliphatic carbocycles. The molecule has 2 N–H and O–H groups in total. The number of aromatic nitrogens is 1. The molecule has 3 amide bonds. The van der Waals surface area contributed by atoms with Gasteiger partial charge < -0.3 is 10.2 Å². The molecular weight excluding hydrogens is 330 g/mol. The minimum atomic E-state index is -0.360. The number of piperazine rings is 1. The fourth-order valence-electron chi connectivity index (χ4n) is 3.73. The summed E-state index contributed by atoms with van der Waals surface area (Å²) < 4.78 is 0. The Bertz CT molecular complexity index is 595. The highest BCUT2D eigenvalue weighted by atomic mass is 16.2. The summed E-state index contributed by atoms with van der Waals surface area (Å²) in [5.41, 5.74) is 0. The summed E-state index contributed by atoms with van der Waals surface area (Å²) in [6, 6.07) is 5.41. The second-order valence-corrected chi connectivity index (χ2v) is 7.18. The van der Waals surface area contributed by atoms with Gasteiger partial charge in [0.25, 0.3) is 0 Å². The smallest absolute Gasteiger partial charge is 0.321 e. The van der Waals surface area contributed by atoms with E-state index in [0.717, 1.165) is 57.7 Å². The first-order chi connectivity index (χ1) is 12.6. The van der Waals surface area contributed by atoms with Crippen molar-refractivity contribution >= 4 is 17.8 Å². The Morgan fingerprint density at radius 1 is 1.12 bits per heavy atom. The lowest BCUT2D eigenvalue weighted by Gasteiger charge is -2.37. The number of hydrogen-bond acceptors (Lipinski definition) is 5. The van der Waals surface area contributed by atoms with Crippen LogP contribution in [0, 0.1) is 0 Å². The molecule has 1 aliphatic heterocycles. The maximum Gasteiger partial charge on any atom is 0.321 e. The van der Waals surface area contributed by atoms with Gasteiger partial charge in [0.15, 0.2) is 0 Å². The van der Waals surface area contributed by atoms with Crippen molar-refractivity contribution in [2.45, 2.75) is 51.1 Å². The van der Waals surface area contributed by atoms with E-state index in [0.29, 0.717) is 0 Å². The highest BCUT2D eigenvalue weighted by Crippen LogP contribution is 2.17. The third-order valence-electron chi connectivity index (χ3n) is 5.39. The molecule has 26 heavy (non-hydrogen) atoms. The molecule has 0 radical (unpaired) electrons. The quantitative estimate of drug-likeness (QED) is 0.856. The van der Waals surface area contributed by atoms with Crippen LogP contribution in [0.4, 0.5) is 10.6 Å². The number of hydrogen-bond donors (Lipinski definition) is 2. The van der Waals surface area contributed by atoms with Crippen LogP contribution in [-0.4, -0.2) is 60.1 Å². The van der Waals surface area contributed by atoms with E-state index in [1.165, 1.54) is 6.42 Å². The number of amides is 3. The molecule has 1 saturated carbocycles. The van der Waals surface area contributed by atoms with Crippen molar-refractivity contribution in [3.05, 3.63) is 24.4 Å². The van der Waals surface area contributed by atoms with E-state index in [9.17, 15) is 9.59 Å². The molecule has 0 spiro atoms. The first-order valence-corrected chi connectivity index (χ1v) is 9.65. The lowest BCUT2D eigenvalue weighted by atomic mass is 9.96. The van der Waals surface area contributed by atoms with E-state index in [1.807, 2.05) is 25.1 Å². The normalized spacial score (nSPS) is 20.4. The summed E-state index contributed by atoms with van der Waals surface area (Å²) in [5, 5.41) is 5.44. The number of nitrogens with one attached hydrogen (secondary N) is 2. The molecule has 1 aromatic rings. The van der Waals surface area contributed by atoms with E-state index < -0.39 is 0 Å². The molecule has 1 atom stereocenters. The zero-order valence-electron chi connectivity index (χ0n) is 15.5. The number of carbonyl (C=O) groups is 2. The van der Waals surface area contributed by atoms with E-state index in [4.69, 9.17) is 0 Å². The van der Waals surface area contributed by atoms with Crippen LogP contribution in [0.25, 0.3) is 0 Å². The van der Waals surface area contributed by atoms with E-state index in [2.05, 4.69) is 25.4 Å². The predicted molar refractivity (Wildman–Crippen MR) is 101 cm³/mol. The molecule has 7 heteroatoms. The highest BCUT2D eigenvalue weighted by molar-refractivity contribution is 5.96. The Morgan fingerprint density at radius 2 is 1.85 bits per heavy atom. The molecule has 0 aromatic carbocycles. The van der Waals surface area contributed by atoms with Gasteiger partial charge in [-0.25, -0.2) is 9.78 Å². The summed E-state index contributed by atoms with van der Waals surface area (Å²) in [6.07, 6.45) is 7.34. The van der Waals surface area contributed by atoms with Crippen molar-refractivity contribution in [1.82, 2.24) is 20.5 Å². The van der Waals surface area contributed by atoms with Gasteiger partial charge in [0.2, 0.25) is 5.91 Å². The Morgan fingerprint density at radius 3 is 2.50 bits per heavy atom. The maximum absolute atomic E-state index is 12.4. The second kappa shape index (κ2) is 8.98. The topological polar surface area (TPSA) is 77.6 Å². The lowest BCUT2D eigenvalue weighted by molar-refractivity contribution is -0.124. The first kappa shape index (κ1) is 18.6. The Hall–Kier alpha value is -2.15. The summed E-state index contributed by atoms with van der Waals surface area (Å²) in [7, 11) is 0. The molecule has 2 fully saturated rings. The molecule has 0 unspecified atom stereocenters. The number of nitrogens with zero attached hydrogens (tertiary/aromatic N) is 3. The molecule has 3 rings (SSSR count). The predicted octanol–water partition coefficient (Wildman–Crippen LogP) is 1.75. The first-order valence-electron chi connectivity index (χ1n) is 9.65. The molecule has 0 bridgehead atoms. The van der Waals surface area contributed by atoms with E-state index in [-0.39, 0.29) is 24.0 Å². The van der Waals surface area contributed by atoms with Gasteiger partial charge in [-0.2, -0.15) is 0 Å². The number of anilines is 1. The van der Waals surface area contributed by atoms with Gasteiger partial charge in [-0.1, -0.05) is 25.3 Å². The molecule has 2 aliphatic rings. The zero-order chi connectivity index (χ0) is 18.4. The van der Waals surface area contributed by atoms with E-state index >= 15 is 0 Å². The number of carbonyl (C=O) groups excluding carboxylic acids is 2. The van der Waals surface area contributed by atoms with Crippen LogP contribution in [-0.2, 0) is 4.79 Å². The van der Waals surface area contributed by atoms with Crippen molar-refractivity contribution in [2.75, 3.05) is 31.1 Å². The van der Waals surface area contributed by atoms with Crippen molar-refractivity contribution in [2.24, 2.45) is 0 Å². The van der Waals surface area contributed by atoms with Crippen LogP contribution in [0.3, 0.4) is 0 Å². The number of rotatable bonds is 4. The molecule has 142 valence electrons. The Balaban J connectivity index is 1.43. The maximum atomic E-state index is 12.4. The number of imide groups is 1. The van der Waals surface area contributed by atoms with Crippen LogP contribution in [0.5, 0.6) is 0 Å². The molecular formula is C19H29N5O2. The summed E-state index contributed by atoms with van der Waals surface area (Å²) in [6.45, 7) is 5.05. The summed E-state index contributed by atoms with van der Waals surface area (Å²) >= 11 is 0. The lowest BCUT2D eigenvalue weighted by Crippen LogP contribution is -2.56. The Kier molecular flexibility index (Phi) is 6.44. The van der Waals surface area contributed by atoms with Crippen LogP contribution < -0.4 is 15.5 Å². The zero-order valence-corrected chi connectivity index (χ0v) is 15.5. The standard InChI is InChI=1S/C19H29N5O2/c1-15(18(25)22-19(26)21-16-7-3-2-4-8-16)23-11-13-24(14-12-23)17-9-5-6-10-20-17/h5-6,9-10,15-16H,2-4,7-8,11-14H2,1H3,(H2,21,22,25,26)/t15-/m1/s1. The average Bonchev–Trinajstić information content (AvgIpc) is 2.69. The Labute approximate surface area is 155 Å². The van der Waals surface area contributed by atoms with Gasteiger partial charge in [-0.3, -0.25) is 15.0 Å². The highest BCUT2D eigenvalue weighted by Gasteiger charge is 2.27. The largest absolute Gasteiger partial charge is 0.354 e. The molecule has 2 heterocycles. The fourth-order valence-corrected chi connectivity index (χ4v) is 3.73. The van der Waals surface area contributed by atoms with Crippen molar-refractivity contribution < 1.29 is 9.59 Å². The van der Waals surface area contributed by atoms with E-state index in [1.54, 1.807) is 6.20 Å². The van der Waals surface area contributed by atoms with Gasteiger partial charge >= 0.3 is 6.03 Å². The minimum absolute atomic E-state index is 0.203. The van der Waals surface area contributed by atoms with Crippen LogP contribution >= 0.6 is 0 Å². The second-order valence-electron chi connectivity index (χ2n) is 7.18. The number of urea groups is 1. The summed E-state index contributed by atoms with van der Waals surface area (Å²) in [4.78, 5) is 33.2. The number of pyridine rings is 1. The van der Waals surface area contributed by atoms with Gasteiger partial charge in [-0.15, -0.1) is 0 Å². The summed E-state index contributed by atoms with van der Waals surface area (Å²) in [5.74, 6) is 0.737. The third-order valence-corrected chi connectivity index (χ3v) is 5.39. The average molecular weight is 359 g/mol. The SMILES string of the molecule is C[C@H](C(=O)NC(=O)NC1CCCCC1)N1CCN(c2ccccn2)CC1. The van der Waals surface area contributed by atoms with Gasteiger partial charge in [-0.05, 0) is 31.9 Å². The van der Waals surface area contributed by atoms with Gasteiger partial charge in [0.05, 0.1) is 6.04 Å². The van der Waals surface area contributed by atoms with Gasteiger partial charge in [0, 0.05) is 38.4 Å². The van der Waals surface area contributed by atoms with Crippen molar-refractivity contribution in [3.63, 3.8) is 0 Å². The molecule has 7 nitrogen and oxygen atoms in total. The molecule has 1 aromatic heterocycles. The van der Waals surface area contributed by atoms with Crippen LogP contribution in [0.15, 0.2) is 24.4 Å². The molecule has 1 saturated heterocycles. The van der Waals surface area contributed by atoms with Crippen molar-refractivity contribution in [1.29, 1.82) is 0 Å². The third kappa shape index (κ3) is 4.94.